The Labute approximate surface area is 132 Å². The van der Waals surface area contributed by atoms with E-state index in [4.69, 9.17) is 0 Å². The lowest BCUT2D eigenvalue weighted by Crippen LogP contribution is -2.35. The van der Waals surface area contributed by atoms with Gasteiger partial charge in [0.1, 0.15) is 0 Å². The fourth-order valence-electron chi connectivity index (χ4n) is 5.80. The van der Waals surface area contributed by atoms with E-state index in [2.05, 4.69) is 53.4 Å². The summed E-state index contributed by atoms with van der Waals surface area (Å²) < 4.78 is 0. The molecule has 3 unspecified atom stereocenters. The minimum Gasteiger partial charge on any atom is -0.299 e. The van der Waals surface area contributed by atoms with Gasteiger partial charge in [-0.1, -0.05) is 48.5 Å². The average molecular weight is 287 g/mol. The summed E-state index contributed by atoms with van der Waals surface area (Å²) in [6, 6.07) is 19.5. The van der Waals surface area contributed by atoms with E-state index in [0.717, 1.165) is 6.04 Å². The van der Waals surface area contributed by atoms with Gasteiger partial charge in [0.05, 0.1) is 0 Å². The molecule has 2 aromatic carbocycles. The largest absolute Gasteiger partial charge is 0.299 e. The van der Waals surface area contributed by atoms with Crippen LogP contribution in [0.25, 0.3) is 0 Å². The van der Waals surface area contributed by atoms with Crippen molar-refractivity contribution in [3.8, 4) is 0 Å². The van der Waals surface area contributed by atoms with Gasteiger partial charge in [0.2, 0.25) is 0 Å². The molecule has 1 aliphatic heterocycles. The Morgan fingerprint density at radius 3 is 2.41 bits per heavy atom. The Morgan fingerprint density at radius 2 is 1.59 bits per heavy atom. The van der Waals surface area contributed by atoms with Crippen molar-refractivity contribution in [1.82, 2.24) is 4.90 Å². The van der Waals surface area contributed by atoms with Crippen molar-refractivity contribution < 1.29 is 0 Å². The number of likely N-dealkylation sites (tertiary alicyclic amines) is 1. The summed E-state index contributed by atoms with van der Waals surface area (Å²) in [6.45, 7) is 2.58. The van der Waals surface area contributed by atoms with E-state index < -0.39 is 0 Å². The second-order valence-electron chi connectivity index (χ2n) is 7.84. The molecular weight excluding hydrogens is 266 g/mol. The maximum Gasteiger partial charge on any atom is 0.0173 e. The van der Waals surface area contributed by atoms with Gasteiger partial charge < -0.3 is 0 Å². The molecule has 3 atom stereocenters. The maximum atomic E-state index is 2.81. The lowest BCUT2D eigenvalue weighted by molar-refractivity contribution is 0.296. The minimum atomic E-state index is 0.401. The van der Waals surface area contributed by atoms with Gasteiger partial charge in [-0.2, -0.15) is 0 Å². The smallest absolute Gasteiger partial charge is 0.0173 e. The van der Waals surface area contributed by atoms with Gasteiger partial charge in [-0.25, -0.2) is 0 Å². The van der Waals surface area contributed by atoms with Crippen LogP contribution in [0.2, 0.25) is 0 Å². The van der Waals surface area contributed by atoms with Crippen LogP contribution < -0.4 is 0 Å². The Balaban J connectivity index is 1.62. The molecule has 1 heteroatoms. The fourth-order valence-corrected chi connectivity index (χ4v) is 5.80. The van der Waals surface area contributed by atoms with Crippen molar-refractivity contribution in [3.05, 3.63) is 70.8 Å². The van der Waals surface area contributed by atoms with Crippen LogP contribution in [0, 0.1) is 0 Å². The molecule has 1 heterocycles. The van der Waals surface area contributed by atoms with E-state index in [-0.39, 0.29) is 0 Å². The molecule has 6 rings (SSSR count). The van der Waals surface area contributed by atoms with Crippen molar-refractivity contribution in [3.63, 3.8) is 0 Å². The van der Waals surface area contributed by atoms with E-state index >= 15 is 0 Å². The van der Waals surface area contributed by atoms with E-state index in [1.165, 1.54) is 32.4 Å². The Bertz CT molecular complexity index is 764. The van der Waals surface area contributed by atoms with Crippen LogP contribution in [0.1, 0.15) is 53.4 Å². The van der Waals surface area contributed by atoms with Crippen molar-refractivity contribution in [1.29, 1.82) is 0 Å². The zero-order valence-electron chi connectivity index (χ0n) is 12.8. The first kappa shape index (κ1) is 11.9. The van der Waals surface area contributed by atoms with Crippen LogP contribution in [0.15, 0.2) is 48.5 Å². The van der Waals surface area contributed by atoms with Crippen LogP contribution >= 0.6 is 0 Å². The summed E-state index contributed by atoms with van der Waals surface area (Å²) in [5.41, 5.74) is 6.96. The van der Waals surface area contributed by atoms with Gasteiger partial charge in [0.15, 0.2) is 0 Å². The summed E-state index contributed by atoms with van der Waals surface area (Å²) in [6.07, 6.45) is 4.20. The van der Waals surface area contributed by atoms with Gasteiger partial charge in [-0.3, -0.25) is 4.90 Å². The van der Waals surface area contributed by atoms with Crippen LogP contribution in [-0.4, -0.2) is 24.0 Å². The number of hydrogen-bond donors (Lipinski definition) is 0. The van der Waals surface area contributed by atoms with Gasteiger partial charge in [-0.15, -0.1) is 0 Å². The third kappa shape index (κ3) is 1.30. The molecular formula is C21H21N. The number of hydrogen-bond acceptors (Lipinski definition) is 1. The first-order valence-electron chi connectivity index (χ1n) is 8.79. The van der Waals surface area contributed by atoms with Gasteiger partial charge in [-0.05, 0) is 41.5 Å². The normalized spacial score (nSPS) is 35.1. The molecule has 2 fully saturated rings. The number of rotatable bonds is 1. The highest BCUT2D eigenvalue weighted by atomic mass is 15.2. The van der Waals surface area contributed by atoms with Gasteiger partial charge in [0.25, 0.3) is 0 Å². The molecule has 1 saturated carbocycles. The molecule has 0 N–H and O–H groups in total. The molecule has 4 aliphatic rings. The van der Waals surface area contributed by atoms with Crippen LogP contribution in [0.3, 0.4) is 0 Å². The second kappa shape index (κ2) is 3.83. The third-order valence-corrected chi connectivity index (χ3v) is 6.82. The SMILES string of the molecule is c1ccc2c(c1)C1CC3(CN(C4CC4)CC23)c2ccccc21. The lowest BCUT2D eigenvalue weighted by Gasteiger charge is -2.37. The number of fused-ring (bicyclic) bond motifs is 3. The van der Waals surface area contributed by atoms with E-state index in [0.29, 0.717) is 17.3 Å². The Hall–Kier alpha value is -1.60. The zero-order chi connectivity index (χ0) is 14.3. The zero-order valence-corrected chi connectivity index (χ0v) is 12.8. The average Bonchev–Trinajstić information content (AvgIpc) is 3.29. The summed E-state index contributed by atoms with van der Waals surface area (Å²) in [7, 11) is 0. The van der Waals surface area contributed by atoms with Crippen LogP contribution in [0.4, 0.5) is 0 Å². The lowest BCUT2D eigenvalue weighted by atomic mass is 9.65. The minimum absolute atomic E-state index is 0.401. The summed E-state index contributed by atoms with van der Waals surface area (Å²) in [4.78, 5) is 2.81. The number of benzene rings is 2. The Morgan fingerprint density at radius 1 is 0.864 bits per heavy atom. The predicted molar refractivity (Wildman–Crippen MR) is 88.4 cm³/mol. The quantitative estimate of drug-likeness (QED) is 0.765. The van der Waals surface area contributed by atoms with Gasteiger partial charge in [0, 0.05) is 36.4 Å². The van der Waals surface area contributed by atoms with Crippen molar-refractivity contribution in [2.75, 3.05) is 13.1 Å². The maximum absolute atomic E-state index is 2.81. The van der Waals surface area contributed by atoms with Crippen molar-refractivity contribution in [2.24, 2.45) is 0 Å². The molecule has 3 aliphatic carbocycles. The summed E-state index contributed by atoms with van der Waals surface area (Å²) in [5, 5.41) is 0. The molecule has 2 aromatic rings. The standard InChI is InChI=1S/C21H21N/c1-2-6-16-15(5-1)18-11-21(19-8-4-3-7-17(18)19)13-22(12-20(16)21)14-9-10-14/h1-8,14,18,20H,9-13H2. The topological polar surface area (TPSA) is 3.24 Å². The van der Waals surface area contributed by atoms with Crippen molar-refractivity contribution in [2.45, 2.75) is 42.6 Å². The predicted octanol–water partition coefficient (Wildman–Crippen LogP) is 4.04. The molecule has 22 heavy (non-hydrogen) atoms. The highest BCUT2D eigenvalue weighted by molar-refractivity contribution is 5.58. The van der Waals surface area contributed by atoms with E-state index in [9.17, 15) is 0 Å². The molecule has 1 saturated heterocycles. The third-order valence-electron chi connectivity index (χ3n) is 6.82. The molecule has 0 radical (unpaired) electrons. The van der Waals surface area contributed by atoms with E-state index in [1.54, 1.807) is 22.3 Å². The molecule has 1 spiro atoms. The molecule has 0 amide bonds. The van der Waals surface area contributed by atoms with Gasteiger partial charge >= 0.3 is 0 Å². The van der Waals surface area contributed by atoms with E-state index in [1.807, 2.05) is 0 Å². The molecule has 0 aromatic heterocycles. The summed E-state index contributed by atoms with van der Waals surface area (Å²) in [5.74, 6) is 1.35. The highest BCUT2D eigenvalue weighted by Crippen LogP contribution is 2.63. The summed E-state index contributed by atoms with van der Waals surface area (Å²) >= 11 is 0. The highest BCUT2D eigenvalue weighted by Gasteiger charge is 2.59. The monoisotopic (exact) mass is 287 g/mol. The first-order chi connectivity index (χ1) is 10.9. The molecule has 2 bridgehead atoms. The van der Waals surface area contributed by atoms with Crippen LogP contribution in [0.5, 0.6) is 0 Å². The van der Waals surface area contributed by atoms with Crippen molar-refractivity contribution >= 4 is 0 Å². The van der Waals surface area contributed by atoms with Crippen LogP contribution in [-0.2, 0) is 5.41 Å². The number of nitrogens with zero attached hydrogens (tertiary/aromatic N) is 1. The fraction of sp³-hybridized carbons (Fsp3) is 0.429. The Kier molecular flexibility index (Phi) is 2.07. The molecule has 1 nitrogen and oxygen atoms in total. The second-order valence-corrected chi connectivity index (χ2v) is 7.84. The first-order valence-corrected chi connectivity index (χ1v) is 8.79. The molecule has 110 valence electrons.